The van der Waals surface area contributed by atoms with E-state index in [-0.39, 0.29) is 11.8 Å². The maximum absolute atomic E-state index is 12.0. The lowest BCUT2D eigenvalue weighted by Crippen LogP contribution is -2.27. The first-order valence-electron chi connectivity index (χ1n) is 7.16. The van der Waals surface area contributed by atoms with Gasteiger partial charge in [-0.15, -0.1) is 0 Å². The molecule has 0 atom stereocenters. The largest absolute Gasteiger partial charge is 0.439 e. The molecule has 0 bridgehead atoms. The predicted molar refractivity (Wildman–Crippen MR) is 80.0 cm³/mol. The Labute approximate surface area is 124 Å². The van der Waals surface area contributed by atoms with Crippen LogP contribution in [0.25, 0.3) is 0 Å². The van der Waals surface area contributed by atoms with Crippen LogP contribution in [0.4, 0.5) is 0 Å². The van der Waals surface area contributed by atoms with Crippen LogP contribution >= 0.6 is 0 Å². The maximum Gasteiger partial charge on any atom is 0.225 e. The molecule has 1 aromatic carbocycles. The third kappa shape index (κ3) is 3.40. The molecule has 21 heavy (non-hydrogen) atoms. The summed E-state index contributed by atoms with van der Waals surface area (Å²) in [5.74, 6) is 1.74. The van der Waals surface area contributed by atoms with Crippen molar-refractivity contribution in [3.8, 4) is 11.6 Å². The molecule has 1 heterocycles. The highest BCUT2D eigenvalue weighted by atomic mass is 16.5. The Morgan fingerprint density at radius 1 is 1.24 bits per heavy atom. The number of pyridine rings is 1. The minimum atomic E-state index is 0.213. The number of aromatic nitrogens is 1. The average molecular weight is 282 g/mol. The molecule has 0 saturated heterocycles. The van der Waals surface area contributed by atoms with Crippen molar-refractivity contribution < 1.29 is 9.53 Å². The molecule has 0 radical (unpaired) electrons. The van der Waals surface area contributed by atoms with Crippen LogP contribution < -0.4 is 4.74 Å². The molecule has 1 aliphatic rings. The van der Waals surface area contributed by atoms with Crippen LogP contribution in [0.3, 0.4) is 0 Å². The lowest BCUT2D eigenvalue weighted by molar-refractivity contribution is -0.131. The molecular formula is C17H18N2O2. The normalized spacial score (nSPS) is 13.8. The fourth-order valence-corrected chi connectivity index (χ4v) is 2.21. The third-order valence-electron chi connectivity index (χ3n) is 3.52. The van der Waals surface area contributed by atoms with E-state index in [2.05, 4.69) is 4.98 Å². The van der Waals surface area contributed by atoms with E-state index in [9.17, 15) is 4.79 Å². The van der Waals surface area contributed by atoms with E-state index in [1.165, 1.54) is 0 Å². The highest BCUT2D eigenvalue weighted by Crippen LogP contribution is 2.31. The summed E-state index contributed by atoms with van der Waals surface area (Å²) in [7, 11) is 1.83. The summed E-state index contributed by atoms with van der Waals surface area (Å²) in [4.78, 5) is 18.1. The molecule has 1 fully saturated rings. The summed E-state index contributed by atoms with van der Waals surface area (Å²) in [6.07, 6.45) is 3.73. The summed E-state index contributed by atoms with van der Waals surface area (Å²) in [5, 5.41) is 0. The SMILES string of the molecule is CN(Cc1cccnc1Oc1ccccc1)C(=O)C1CC1. The Morgan fingerprint density at radius 3 is 2.71 bits per heavy atom. The first-order valence-corrected chi connectivity index (χ1v) is 7.16. The second-order valence-corrected chi connectivity index (χ2v) is 5.35. The maximum atomic E-state index is 12.0. The Balaban J connectivity index is 1.74. The number of para-hydroxylation sites is 1. The molecule has 1 amide bonds. The van der Waals surface area contributed by atoms with Gasteiger partial charge in [-0.05, 0) is 31.0 Å². The molecular weight excluding hydrogens is 264 g/mol. The van der Waals surface area contributed by atoms with Crippen LogP contribution in [-0.2, 0) is 11.3 Å². The number of hydrogen-bond acceptors (Lipinski definition) is 3. The topological polar surface area (TPSA) is 42.4 Å². The van der Waals surface area contributed by atoms with Crippen LogP contribution in [0.5, 0.6) is 11.6 Å². The summed E-state index contributed by atoms with van der Waals surface area (Å²) < 4.78 is 5.82. The van der Waals surface area contributed by atoms with Crippen molar-refractivity contribution in [2.24, 2.45) is 5.92 Å². The third-order valence-corrected chi connectivity index (χ3v) is 3.52. The zero-order valence-electron chi connectivity index (χ0n) is 12.0. The van der Waals surface area contributed by atoms with Gasteiger partial charge < -0.3 is 9.64 Å². The standard InChI is InChI=1S/C17H18N2O2/c1-19(17(20)13-9-10-13)12-14-6-5-11-18-16(14)21-15-7-3-2-4-8-15/h2-8,11,13H,9-10,12H2,1H3. The second kappa shape index (κ2) is 5.95. The van der Waals surface area contributed by atoms with E-state index in [0.29, 0.717) is 12.4 Å². The van der Waals surface area contributed by atoms with Gasteiger partial charge in [0.15, 0.2) is 0 Å². The number of amides is 1. The Kier molecular flexibility index (Phi) is 3.86. The first-order chi connectivity index (χ1) is 10.2. The number of hydrogen-bond donors (Lipinski definition) is 0. The minimum Gasteiger partial charge on any atom is -0.439 e. The van der Waals surface area contributed by atoms with Gasteiger partial charge in [-0.3, -0.25) is 4.79 Å². The highest BCUT2D eigenvalue weighted by molar-refractivity contribution is 5.80. The van der Waals surface area contributed by atoms with Crippen molar-refractivity contribution in [2.75, 3.05) is 7.05 Å². The Morgan fingerprint density at radius 2 is 2.00 bits per heavy atom. The van der Waals surface area contributed by atoms with Crippen LogP contribution in [0, 0.1) is 5.92 Å². The molecule has 4 nitrogen and oxygen atoms in total. The molecule has 0 spiro atoms. The monoisotopic (exact) mass is 282 g/mol. The van der Waals surface area contributed by atoms with Crippen molar-refractivity contribution in [3.63, 3.8) is 0 Å². The molecule has 1 aromatic heterocycles. The fourth-order valence-electron chi connectivity index (χ4n) is 2.21. The van der Waals surface area contributed by atoms with Crippen molar-refractivity contribution in [3.05, 3.63) is 54.2 Å². The summed E-state index contributed by atoms with van der Waals surface area (Å²) in [5.41, 5.74) is 0.915. The van der Waals surface area contributed by atoms with Gasteiger partial charge in [0, 0.05) is 24.7 Å². The van der Waals surface area contributed by atoms with Crippen LogP contribution in [0.2, 0.25) is 0 Å². The van der Waals surface area contributed by atoms with Crippen molar-refractivity contribution in [1.82, 2.24) is 9.88 Å². The van der Waals surface area contributed by atoms with E-state index in [1.807, 2.05) is 49.5 Å². The summed E-state index contributed by atoms with van der Waals surface area (Å²) >= 11 is 0. The smallest absolute Gasteiger partial charge is 0.225 e. The van der Waals surface area contributed by atoms with Gasteiger partial charge >= 0.3 is 0 Å². The van der Waals surface area contributed by atoms with Gasteiger partial charge in [0.1, 0.15) is 5.75 Å². The molecule has 1 aliphatic carbocycles. The van der Waals surface area contributed by atoms with Crippen LogP contribution in [0.15, 0.2) is 48.7 Å². The molecule has 108 valence electrons. The average Bonchev–Trinajstić information content (AvgIpc) is 3.34. The minimum absolute atomic E-state index is 0.213. The number of benzene rings is 1. The van der Waals surface area contributed by atoms with E-state index in [0.717, 1.165) is 24.2 Å². The lowest BCUT2D eigenvalue weighted by Gasteiger charge is -2.18. The quantitative estimate of drug-likeness (QED) is 0.845. The van der Waals surface area contributed by atoms with Gasteiger partial charge in [-0.1, -0.05) is 24.3 Å². The second-order valence-electron chi connectivity index (χ2n) is 5.35. The molecule has 0 unspecified atom stereocenters. The van der Waals surface area contributed by atoms with Crippen molar-refractivity contribution in [1.29, 1.82) is 0 Å². The van der Waals surface area contributed by atoms with Crippen molar-refractivity contribution >= 4 is 5.91 Å². The van der Waals surface area contributed by atoms with E-state index < -0.39 is 0 Å². The van der Waals surface area contributed by atoms with Crippen LogP contribution in [0.1, 0.15) is 18.4 Å². The molecule has 4 heteroatoms. The number of carbonyl (C=O) groups is 1. The zero-order chi connectivity index (χ0) is 14.7. The number of nitrogens with zero attached hydrogens (tertiary/aromatic N) is 2. The van der Waals surface area contributed by atoms with E-state index in [1.54, 1.807) is 11.1 Å². The lowest BCUT2D eigenvalue weighted by atomic mass is 10.2. The van der Waals surface area contributed by atoms with Gasteiger partial charge in [0.05, 0.1) is 6.54 Å². The molecule has 0 N–H and O–H groups in total. The number of ether oxygens (including phenoxy) is 1. The van der Waals surface area contributed by atoms with Gasteiger partial charge in [-0.25, -0.2) is 4.98 Å². The fraction of sp³-hybridized carbons (Fsp3) is 0.294. The summed E-state index contributed by atoms with van der Waals surface area (Å²) in [6.45, 7) is 0.519. The number of rotatable bonds is 5. The zero-order valence-corrected chi connectivity index (χ0v) is 12.0. The Bertz CT molecular complexity index is 624. The van der Waals surface area contributed by atoms with E-state index >= 15 is 0 Å². The van der Waals surface area contributed by atoms with E-state index in [4.69, 9.17) is 4.74 Å². The molecule has 0 aliphatic heterocycles. The van der Waals surface area contributed by atoms with Crippen molar-refractivity contribution in [2.45, 2.75) is 19.4 Å². The van der Waals surface area contributed by atoms with Gasteiger partial charge in [0.2, 0.25) is 11.8 Å². The van der Waals surface area contributed by atoms with Crippen LogP contribution in [-0.4, -0.2) is 22.8 Å². The predicted octanol–water partition coefficient (Wildman–Crippen LogP) is 3.24. The molecule has 2 aromatic rings. The molecule has 1 saturated carbocycles. The number of carbonyl (C=O) groups excluding carboxylic acids is 1. The first kappa shape index (κ1) is 13.6. The van der Waals surface area contributed by atoms with Gasteiger partial charge in [0.25, 0.3) is 0 Å². The molecule has 3 rings (SSSR count). The highest BCUT2D eigenvalue weighted by Gasteiger charge is 2.32. The summed E-state index contributed by atoms with van der Waals surface area (Å²) in [6, 6.07) is 13.4. The Hall–Kier alpha value is -2.36. The van der Waals surface area contributed by atoms with Gasteiger partial charge in [-0.2, -0.15) is 0 Å².